The molecule has 0 saturated heterocycles. The Morgan fingerprint density at radius 1 is 1.32 bits per heavy atom. The van der Waals surface area contributed by atoms with Crippen LogP contribution in [-0.4, -0.2) is 24.7 Å². The number of H-pyrrole nitrogens is 1. The monoisotopic (exact) mass is 335 g/mol. The van der Waals surface area contributed by atoms with E-state index in [9.17, 15) is 5.26 Å². The Bertz CT molecular complexity index is 911. The first-order valence-electron chi connectivity index (χ1n) is 8.78. The summed E-state index contributed by atoms with van der Waals surface area (Å²) < 4.78 is 1.89. The standard InChI is InChI=1S/C18H21N7/c19-8-6-15(12-4-2-1-3-5-12)25-10-14(17(20)24-25)16-13-7-9-21-18(13)23-11-22-16/h7,9-12,15H,1-6H2,(H2,20,24)(H,21,22,23)/t15-/m1/s1. The lowest BCUT2D eigenvalue weighted by Crippen LogP contribution is -2.22. The van der Waals surface area contributed by atoms with E-state index in [4.69, 9.17) is 5.73 Å². The van der Waals surface area contributed by atoms with Crippen LogP contribution in [0.2, 0.25) is 0 Å². The molecule has 0 aliphatic heterocycles. The number of nitrogens with zero attached hydrogens (tertiary/aromatic N) is 5. The molecule has 0 unspecified atom stereocenters. The van der Waals surface area contributed by atoms with Crippen molar-refractivity contribution in [1.29, 1.82) is 5.26 Å². The van der Waals surface area contributed by atoms with Crippen molar-refractivity contribution in [2.24, 2.45) is 5.92 Å². The topological polar surface area (TPSA) is 109 Å². The van der Waals surface area contributed by atoms with Gasteiger partial charge in [0.25, 0.3) is 0 Å². The second-order valence-corrected chi connectivity index (χ2v) is 6.70. The summed E-state index contributed by atoms with van der Waals surface area (Å²) in [4.78, 5) is 11.7. The lowest BCUT2D eigenvalue weighted by molar-refractivity contribution is 0.238. The molecule has 0 spiro atoms. The maximum absolute atomic E-state index is 9.29. The quantitative estimate of drug-likeness (QED) is 0.759. The van der Waals surface area contributed by atoms with Crippen LogP contribution in [0.5, 0.6) is 0 Å². The summed E-state index contributed by atoms with van der Waals surface area (Å²) in [5.41, 5.74) is 8.56. The van der Waals surface area contributed by atoms with Gasteiger partial charge < -0.3 is 10.7 Å². The zero-order chi connectivity index (χ0) is 17.2. The highest BCUT2D eigenvalue weighted by Gasteiger charge is 2.27. The van der Waals surface area contributed by atoms with Gasteiger partial charge in [0.05, 0.1) is 29.8 Å². The Morgan fingerprint density at radius 3 is 2.96 bits per heavy atom. The number of aromatic amines is 1. The van der Waals surface area contributed by atoms with Gasteiger partial charge in [-0.05, 0) is 24.8 Å². The van der Waals surface area contributed by atoms with Crippen LogP contribution < -0.4 is 5.73 Å². The van der Waals surface area contributed by atoms with Gasteiger partial charge in [-0.2, -0.15) is 10.4 Å². The molecular weight excluding hydrogens is 314 g/mol. The zero-order valence-electron chi connectivity index (χ0n) is 14.0. The van der Waals surface area contributed by atoms with Gasteiger partial charge in [0, 0.05) is 17.8 Å². The Hall–Kier alpha value is -2.88. The number of nitrogens with two attached hydrogens (primary N) is 1. The molecule has 3 aromatic heterocycles. The summed E-state index contributed by atoms with van der Waals surface area (Å²) in [7, 11) is 0. The highest BCUT2D eigenvalue weighted by molar-refractivity contribution is 5.92. The van der Waals surface area contributed by atoms with E-state index in [0.29, 0.717) is 18.2 Å². The molecule has 0 bridgehead atoms. The molecule has 0 amide bonds. The van der Waals surface area contributed by atoms with E-state index in [0.717, 1.165) is 35.1 Å². The molecule has 3 heterocycles. The van der Waals surface area contributed by atoms with Crippen molar-refractivity contribution in [1.82, 2.24) is 24.7 Å². The number of aromatic nitrogens is 5. The number of rotatable bonds is 4. The third kappa shape index (κ3) is 2.84. The molecule has 4 rings (SSSR count). The maximum atomic E-state index is 9.29. The van der Waals surface area contributed by atoms with Crippen LogP contribution in [0, 0.1) is 17.2 Å². The third-order valence-corrected chi connectivity index (χ3v) is 5.20. The van der Waals surface area contributed by atoms with Gasteiger partial charge in [0.15, 0.2) is 5.82 Å². The summed E-state index contributed by atoms with van der Waals surface area (Å²) in [5.74, 6) is 0.929. The van der Waals surface area contributed by atoms with E-state index >= 15 is 0 Å². The summed E-state index contributed by atoms with van der Waals surface area (Å²) in [6, 6.07) is 4.34. The fraction of sp³-hybridized carbons (Fsp3) is 0.444. The Labute approximate surface area is 145 Å². The first-order valence-corrected chi connectivity index (χ1v) is 8.78. The third-order valence-electron chi connectivity index (χ3n) is 5.20. The predicted molar refractivity (Wildman–Crippen MR) is 95.4 cm³/mol. The van der Waals surface area contributed by atoms with Crippen LogP contribution >= 0.6 is 0 Å². The van der Waals surface area contributed by atoms with E-state index in [1.165, 1.54) is 25.6 Å². The number of fused-ring (bicyclic) bond motifs is 1. The van der Waals surface area contributed by atoms with Crippen LogP contribution in [-0.2, 0) is 0 Å². The van der Waals surface area contributed by atoms with Gasteiger partial charge in [0.1, 0.15) is 12.0 Å². The number of hydrogen-bond donors (Lipinski definition) is 2. The normalized spacial score (nSPS) is 16.8. The maximum Gasteiger partial charge on any atom is 0.154 e. The van der Waals surface area contributed by atoms with E-state index in [-0.39, 0.29) is 6.04 Å². The number of nitrogen functional groups attached to an aromatic ring is 1. The number of nitrogens with one attached hydrogen (secondary N) is 1. The van der Waals surface area contributed by atoms with E-state index in [1.54, 1.807) is 0 Å². The van der Waals surface area contributed by atoms with Crippen molar-refractivity contribution >= 4 is 16.9 Å². The minimum atomic E-state index is 0.0740. The second-order valence-electron chi connectivity index (χ2n) is 6.70. The number of nitriles is 1. The zero-order valence-corrected chi connectivity index (χ0v) is 14.0. The van der Waals surface area contributed by atoms with Crippen LogP contribution in [0.25, 0.3) is 22.3 Å². The van der Waals surface area contributed by atoms with Gasteiger partial charge in [-0.15, -0.1) is 0 Å². The lowest BCUT2D eigenvalue weighted by atomic mass is 9.83. The van der Waals surface area contributed by atoms with Gasteiger partial charge in [-0.1, -0.05) is 19.3 Å². The van der Waals surface area contributed by atoms with Crippen molar-refractivity contribution < 1.29 is 0 Å². The van der Waals surface area contributed by atoms with Gasteiger partial charge in [-0.3, -0.25) is 4.68 Å². The fourth-order valence-corrected chi connectivity index (χ4v) is 3.93. The van der Waals surface area contributed by atoms with Crippen LogP contribution in [0.4, 0.5) is 5.82 Å². The molecule has 0 aromatic carbocycles. The largest absolute Gasteiger partial charge is 0.382 e. The van der Waals surface area contributed by atoms with Crippen LogP contribution in [0.1, 0.15) is 44.6 Å². The van der Waals surface area contributed by atoms with Crippen molar-refractivity contribution in [2.75, 3.05) is 5.73 Å². The molecule has 1 aliphatic carbocycles. The average molecular weight is 335 g/mol. The molecule has 7 heteroatoms. The van der Waals surface area contributed by atoms with Crippen LogP contribution in [0.15, 0.2) is 24.8 Å². The number of hydrogen-bond acceptors (Lipinski definition) is 5. The summed E-state index contributed by atoms with van der Waals surface area (Å²) in [6.45, 7) is 0. The molecule has 7 nitrogen and oxygen atoms in total. The summed E-state index contributed by atoms with van der Waals surface area (Å²) in [6.07, 6.45) is 11.8. The van der Waals surface area contributed by atoms with Gasteiger partial charge in [-0.25, -0.2) is 9.97 Å². The van der Waals surface area contributed by atoms with Crippen molar-refractivity contribution in [2.45, 2.75) is 44.6 Å². The molecule has 1 saturated carbocycles. The lowest BCUT2D eigenvalue weighted by Gasteiger charge is -2.28. The SMILES string of the molecule is N#CC[C@H](C1CCCCC1)n1cc(-c2ncnc3[nH]ccc23)c(N)n1. The molecule has 0 radical (unpaired) electrons. The Morgan fingerprint density at radius 2 is 2.16 bits per heavy atom. The minimum absolute atomic E-state index is 0.0740. The Balaban J connectivity index is 1.73. The smallest absolute Gasteiger partial charge is 0.154 e. The van der Waals surface area contributed by atoms with E-state index < -0.39 is 0 Å². The Kier molecular flexibility index (Phi) is 4.10. The first-order chi connectivity index (χ1) is 12.3. The second kappa shape index (κ2) is 6.55. The van der Waals surface area contributed by atoms with E-state index in [1.807, 2.05) is 23.1 Å². The van der Waals surface area contributed by atoms with Gasteiger partial charge >= 0.3 is 0 Å². The predicted octanol–water partition coefficient (Wildman–Crippen LogP) is 3.44. The average Bonchev–Trinajstić information content (AvgIpc) is 3.26. The molecule has 128 valence electrons. The highest BCUT2D eigenvalue weighted by Crippen LogP contribution is 2.37. The van der Waals surface area contributed by atoms with Gasteiger partial charge in [0.2, 0.25) is 0 Å². The molecule has 3 aromatic rings. The molecular formula is C18H21N7. The molecule has 3 N–H and O–H groups in total. The summed E-state index contributed by atoms with van der Waals surface area (Å²) in [5, 5.41) is 14.8. The first kappa shape index (κ1) is 15.6. The van der Waals surface area contributed by atoms with E-state index in [2.05, 4.69) is 26.1 Å². The van der Waals surface area contributed by atoms with Crippen LogP contribution in [0.3, 0.4) is 0 Å². The fourth-order valence-electron chi connectivity index (χ4n) is 3.93. The summed E-state index contributed by atoms with van der Waals surface area (Å²) >= 11 is 0. The van der Waals surface area contributed by atoms with Crippen molar-refractivity contribution in [3.8, 4) is 17.3 Å². The molecule has 1 fully saturated rings. The van der Waals surface area contributed by atoms with Crippen molar-refractivity contribution in [3.63, 3.8) is 0 Å². The highest BCUT2D eigenvalue weighted by atomic mass is 15.3. The molecule has 1 atom stereocenters. The van der Waals surface area contributed by atoms with Crippen molar-refractivity contribution in [3.05, 3.63) is 24.8 Å². The number of anilines is 1. The molecule has 1 aliphatic rings. The minimum Gasteiger partial charge on any atom is -0.382 e. The molecule has 25 heavy (non-hydrogen) atoms.